The maximum Gasteiger partial charge on any atom is 0.182 e. The number of fused-ring (bicyclic) bond motifs is 1. The summed E-state index contributed by atoms with van der Waals surface area (Å²) in [5.41, 5.74) is 1.59. The molecule has 3 rings (SSSR count). The third-order valence-electron chi connectivity index (χ3n) is 2.62. The zero-order valence-corrected chi connectivity index (χ0v) is 8.20. The molecule has 3 heterocycles. The summed E-state index contributed by atoms with van der Waals surface area (Å²) in [7, 11) is 0. The summed E-state index contributed by atoms with van der Waals surface area (Å²) < 4.78 is 0. The van der Waals surface area contributed by atoms with Crippen molar-refractivity contribution in [1.82, 2.24) is 25.3 Å². The van der Waals surface area contributed by atoms with Gasteiger partial charge in [-0.05, 0) is 13.0 Å². The third-order valence-corrected chi connectivity index (χ3v) is 2.62. The Morgan fingerprint density at radius 3 is 3.20 bits per heavy atom. The number of imidazole rings is 1. The number of anilines is 1. The summed E-state index contributed by atoms with van der Waals surface area (Å²) in [4.78, 5) is 15.4. The lowest BCUT2D eigenvalue weighted by Gasteiger charge is -2.11. The smallest absolute Gasteiger partial charge is 0.182 e. The summed E-state index contributed by atoms with van der Waals surface area (Å²) >= 11 is 0. The van der Waals surface area contributed by atoms with Gasteiger partial charge in [0.15, 0.2) is 11.5 Å². The molecule has 78 valence electrons. The average molecular weight is 204 g/mol. The van der Waals surface area contributed by atoms with Crippen LogP contribution < -0.4 is 10.6 Å². The van der Waals surface area contributed by atoms with E-state index in [1.54, 1.807) is 6.33 Å². The van der Waals surface area contributed by atoms with Gasteiger partial charge in [0, 0.05) is 12.6 Å². The normalized spacial score (nSPS) is 20.9. The van der Waals surface area contributed by atoms with E-state index in [-0.39, 0.29) is 0 Å². The minimum absolute atomic E-state index is 0.450. The second-order valence-electron chi connectivity index (χ2n) is 3.66. The number of rotatable bonds is 2. The molecule has 1 aliphatic heterocycles. The van der Waals surface area contributed by atoms with Crippen molar-refractivity contribution in [3.8, 4) is 0 Å². The van der Waals surface area contributed by atoms with Crippen LogP contribution in [0.3, 0.4) is 0 Å². The molecule has 1 aliphatic rings. The van der Waals surface area contributed by atoms with E-state index in [4.69, 9.17) is 0 Å². The van der Waals surface area contributed by atoms with Gasteiger partial charge in [-0.1, -0.05) is 0 Å². The van der Waals surface area contributed by atoms with E-state index >= 15 is 0 Å². The molecule has 0 bridgehead atoms. The molecule has 1 atom stereocenters. The van der Waals surface area contributed by atoms with Crippen LogP contribution in [0.5, 0.6) is 0 Å². The van der Waals surface area contributed by atoms with Gasteiger partial charge >= 0.3 is 0 Å². The van der Waals surface area contributed by atoms with Crippen molar-refractivity contribution in [3.63, 3.8) is 0 Å². The Morgan fingerprint density at radius 2 is 2.33 bits per heavy atom. The molecular weight excluding hydrogens is 192 g/mol. The minimum Gasteiger partial charge on any atom is -0.364 e. The van der Waals surface area contributed by atoms with Crippen molar-refractivity contribution in [2.45, 2.75) is 12.5 Å². The molecule has 0 aliphatic carbocycles. The fourth-order valence-corrected chi connectivity index (χ4v) is 1.85. The number of hydrogen-bond donors (Lipinski definition) is 3. The second kappa shape index (κ2) is 3.47. The summed E-state index contributed by atoms with van der Waals surface area (Å²) in [6.07, 6.45) is 4.30. The van der Waals surface area contributed by atoms with E-state index < -0.39 is 0 Å². The van der Waals surface area contributed by atoms with Crippen LogP contribution in [0.1, 0.15) is 6.42 Å². The standard InChI is InChI=1S/C9H12N6/c1-2-10-3-6(1)15-9-7-8(12-4-11-7)13-5-14-9/h4-6,10H,1-3H2,(H2,11,12,13,14,15). The molecule has 0 aromatic carbocycles. The zero-order valence-electron chi connectivity index (χ0n) is 8.20. The Balaban J connectivity index is 1.92. The predicted molar refractivity (Wildman–Crippen MR) is 56.6 cm³/mol. The number of H-pyrrole nitrogens is 1. The van der Waals surface area contributed by atoms with E-state index in [0.717, 1.165) is 30.8 Å². The highest BCUT2D eigenvalue weighted by molar-refractivity contribution is 5.82. The van der Waals surface area contributed by atoms with Crippen LogP contribution in [0.15, 0.2) is 12.7 Å². The van der Waals surface area contributed by atoms with Crippen molar-refractivity contribution in [1.29, 1.82) is 0 Å². The summed E-state index contributed by atoms with van der Waals surface area (Å²) in [6, 6.07) is 0.450. The molecule has 0 spiro atoms. The van der Waals surface area contributed by atoms with E-state index in [0.29, 0.717) is 11.7 Å². The molecule has 1 unspecified atom stereocenters. The predicted octanol–water partition coefficient (Wildman–Crippen LogP) is 0.127. The molecule has 0 amide bonds. The van der Waals surface area contributed by atoms with E-state index in [1.165, 1.54) is 6.33 Å². The van der Waals surface area contributed by atoms with Gasteiger partial charge in [-0.15, -0.1) is 0 Å². The van der Waals surface area contributed by atoms with Crippen molar-refractivity contribution in [2.75, 3.05) is 18.4 Å². The van der Waals surface area contributed by atoms with Gasteiger partial charge in [-0.2, -0.15) is 0 Å². The van der Waals surface area contributed by atoms with E-state index in [9.17, 15) is 0 Å². The molecule has 1 fully saturated rings. The highest BCUT2D eigenvalue weighted by Gasteiger charge is 2.16. The fourth-order valence-electron chi connectivity index (χ4n) is 1.85. The lowest BCUT2D eigenvalue weighted by Crippen LogP contribution is -2.22. The molecule has 1 saturated heterocycles. The van der Waals surface area contributed by atoms with Crippen LogP contribution >= 0.6 is 0 Å². The number of hydrogen-bond acceptors (Lipinski definition) is 5. The maximum absolute atomic E-state index is 4.22. The van der Waals surface area contributed by atoms with Crippen LogP contribution in [-0.2, 0) is 0 Å². The second-order valence-corrected chi connectivity index (χ2v) is 3.66. The number of aromatic amines is 1. The quantitative estimate of drug-likeness (QED) is 0.648. The van der Waals surface area contributed by atoms with Gasteiger partial charge in [0.25, 0.3) is 0 Å². The van der Waals surface area contributed by atoms with Gasteiger partial charge in [-0.3, -0.25) is 0 Å². The van der Waals surface area contributed by atoms with Crippen LogP contribution in [0.2, 0.25) is 0 Å². The Bertz CT molecular complexity index is 458. The monoisotopic (exact) mass is 204 g/mol. The van der Waals surface area contributed by atoms with Crippen molar-refractivity contribution < 1.29 is 0 Å². The average Bonchev–Trinajstić information content (AvgIpc) is 2.87. The van der Waals surface area contributed by atoms with Crippen molar-refractivity contribution in [3.05, 3.63) is 12.7 Å². The first kappa shape index (κ1) is 8.60. The van der Waals surface area contributed by atoms with Gasteiger partial charge < -0.3 is 15.6 Å². The maximum atomic E-state index is 4.22. The Morgan fingerprint density at radius 1 is 1.33 bits per heavy atom. The van der Waals surface area contributed by atoms with Crippen LogP contribution in [-0.4, -0.2) is 39.1 Å². The van der Waals surface area contributed by atoms with Crippen LogP contribution in [0, 0.1) is 0 Å². The molecule has 0 radical (unpaired) electrons. The first-order valence-corrected chi connectivity index (χ1v) is 5.05. The molecule has 2 aromatic rings. The van der Waals surface area contributed by atoms with Crippen LogP contribution in [0.25, 0.3) is 11.2 Å². The minimum atomic E-state index is 0.450. The molecule has 6 nitrogen and oxygen atoms in total. The fraction of sp³-hybridized carbons (Fsp3) is 0.444. The lowest BCUT2D eigenvalue weighted by molar-refractivity contribution is 0.788. The Hall–Kier alpha value is -1.69. The molecule has 6 heteroatoms. The van der Waals surface area contributed by atoms with Crippen molar-refractivity contribution in [2.24, 2.45) is 0 Å². The summed E-state index contributed by atoms with van der Waals surface area (Å²) in [6.45, 7) is 2.05. The van der Waals surface area contributed by atoms with Gasteiger partial charge in [0.2, 0.25) is 0 Å². The molecule has 0 saturated carbocycles. The topological polar surface area (TPSA) is 78.5 Å². The van der Waals surface area contributed by atoms with Gasteiger partial charge in [0.1, 0.15) is 11.8 Å². The number of nitrogens with zero attached hydrogens (tertiary/aromatic N) is 3. The molecule has 2 aromatic heterocycles. The SMILES string of the molecule is c1nc(NC2CCNC2)c2[nH]cnc2n1. The first-order valence-electron chi connectivity index (χ1n) is 5.05. The molecule has 15 heavy (non-hydrogen) atoms. The first-order chi connectivity index (χ1) is 7.43. The highest BCUT2D eigenvalue weighted by Crippen LogP contribution is 2.16. The molecular formula is C9H12N6. The number of aromatic nitrogens is 4. The van der Waals surface area contributed by atoms with E-state index in [2.05, 4.69) is 30.6 Å². The third kappa shape index (κ3) is 1.52. The largest absolute Gasteiger partial charge is 0.364 e. The Kier molecular flexibility index (Phi) is 1.99. The van der Waals surface area contributed by atoms with Gasteiger partial charge in [0.05, 0.1) is 6.33 Å². The molecule has 3 N–H and O–H groups in total. The summed E-state index contributed by atoms with van der Waals surface area (Å²) in [5.74, 6) is 0.839. The number of nitrogens with one attached hydrogen (secondary N) is 3. The van der Waals surface area contributed by atoms with Gasteiger partial charge in [-0.25, -0.2) is 15.0 Å². The zero-order chi connectivity index (χ0) is 10.1. The lowest BCUT2D eigenvalue weighted by atomic mass is 10.2. The van der Waals surface area contributed by atoms with Crippen LogP contribution in [0.4, 0.5) is 5.82 Å². The van der Waals surface area contributed by atoms with Crippen molar-refractivity contribution >= 4 is 17.0 Å². The highest BCUT2D eigenvalue weighted by atomic mass is 15.1. The summed E-state index contributed by atoms with van der Waals surface area (Å²) in [5, 5.41) is 6.69. The van der Waals surface area contributed by atoms with E-state index in [1.807, 2.05) is 0 Å². The Labute approximate surface area is 86.5 Å².